The molecule has 0 aromatic heterocycles. The Labute approximate surface area is 74.1 Å². The number of hydrogen-bond acceptors (Lipinski definition) is 2. The zero-order chi connectivity index (χ0) is 9.40. The van der Waals surface area contributed by atoms with Gasteiger partial charge in [-0.05, 0) is 6.42 Å². The first-order valence-electron chi connectivity index (χ1n) is 4.41. The van der Waals surface area contributed by atoms with Crippen molar-refractivity contribution >= 4 is 6.03 Å². The van der Waals surface area contributed by atoms with Gasteiger partial charge in [0.25, 0.3) is 0 Å². The van der Waals surface area contributed by atoms with Gasteiger partial charge in [0.1, 0.15) is 0 Å². The SMILES string of the molecule is CCCCN(C)C(=O)NCCN. The number of urea groups is 1. The Morgan fingerprint density at radius 1 is 1.58 bits per heavy atom. The highest BCUT2D eigenvalue weighted by molar-refractivity contribution is 5.73. The summed E-state index contributed by atoms with van der Waals surface area (Å²) in [5.74, 6) is 0. The first kappa shape index (κ1) is 11.2. The summed E-state index contributed by atoms with van der Waals surface area (Å²) in [5, 5.41) is 2.70. The monoisotopic (exact) mass is 173 g/mol. The third kappa shape index (κ3) is 4.96. The fourth-order valence-electron chi connectivity index (χ4n) is 0.811. The lowest BCUT2D eigenvalue weighted by molar-refractivity contribution is 0.208. The van der Waals surface area contributed by atoms with E-state index in [-0.39, 0.29) is 6.03 Å². The van der Waals surface area contributed by atoms with Gasteiger partial charge in [-0.15, -0.1) is 0 Å². The summed E-state index contributed by atoms with van der Waals surface area (Å²) in [7, 11) is 1.79. The first-order chi connectivity index (χ1) is 5.72. The van der Waals surface area contributed by atoms with Crippen LogP contribution in [0, 0.1) is 0 Å². The van der Waals surface area contributed by atoms with Crippen LogP contribution >= 0.6 is 0 Å². The van der Waals surface area contributed by atoms with Crippen molar-refractivity contribution < 1.29 is 4.79 Å². The number of unbranched alkanes of at least 4 members (excludes halogenated alkanes) is 1. The van der Waals surface area contributed by atoms with E-state index in [0.29, 0.717) is 13.1 Å². The number of carbonyl (C=O) groups excluding carboxylic acids is 1. The van der Waals surface area contributed by atoms with Gasteiger partial charge in [0, 0.05) is 26.7 Å². The molecule has 4 heteroatoms. The topological polar surface area (TPSA) is 58.4 Å². The lowest BCUT2D eigenvalue weighted by atomic mass is 10.3. The van der Waals surface area contributed by atoms with E-state index in [4.69, 9.17) is 5.73 Å². The molecule has 4 nitrogen and oxygen atoms in total. The molecule has 0 aromatic rings. The Bertz CT molecular complexity index is 127. The van der Waals surface area contributed by atoms with Crippen molar-refractivity contribution in [2.24, 2.45) is 5.73 Å². The van der Waals surface area contributed by atoms with Gasteiger partial charge in [-0.1, -0.05) is 13.3 Å². The Morgan fingerprint density at radius 3 is 2.75 bits per heavy atom. The maximum absolute atomic E-state index is 11.2. The van der Waals surface area contributed by atoms with Crippen molar-refractivity contribution in [3.8, 4) is 0 Å². The average Bonchev–Trinajstić information content (AvgIpc) is 2.10. The van der Waals surface area contributed by atoms with E-state index in [1.807, 2.05) is 0 Å². The van der Waals surface area contributed by atoms with Gasteiger partial charge in [0.15, 0.2) is 0 Å². The smallest absolute Gasteiger partial charge is 0.317 e. The molecule has 0 aromatic carbocycles. The largest absolute Gasteiger partial charge is 0.337 e. The lowest BCUT2D eigenvalue weighted by Crippen LogP contribution is -2.39. The lowest BCUT2D eigenvalue weighted by Gasteiger charge is -2.16. The number of nitrogens with one attached hydrogen (secondary N) is 1. The van der Waals surface area contributed by atoms with Crippen molar-refractivity contribution in [1.82, 2.24) is 10.2 Å². The van der Waals surface area contributed by atoms with Crippen LogP contribution < -0.4 is 11.1 Å². The van der Waals surface area contributed by atoms with Crippen molar-refractivity contribution in [1.29, 1.82) is 0 Å². The van der Waals surface area contributed by atoms with E-state index >= 15 is 0 Å². The van der Waals surface area contributed by atoms with E-state index in [1.54, 1.807) is 11.9 Å². The number of amides is 2. The number of hydrogen-bond donors (Lipinski definition) is 2. The number of nitrogens with two attached hydrogens (primary N) is 1. The average molecular weight is 173 g/mol. The molecule has 0 fully saturated rings. The molecule has 0 saturated carbocycles. The second kappa shape index (κ2) is 6.91. The maximum Gasteiger partial charge on any atom is 0.317 e. The standard InChI is InChI=1S/C8H19N3O/c1-3-4-7-11(2)8(12)10-6-5-9/h3-7,9H2,1-2H3,(H,10,12). The molecule has 0 bridgehead atoms. The molecule has 0 heterocycles. The molecule has 0 aliphatic carbocycles. The fraction of sp³-hybridized carbons (Fsp3) is 0.875. The van der Waals surface area contributed by atoms with Crippen LogP contribution in [-0.2, 0) is 0 Å². The molecule has 0 radical (unpaired) electrons. The van der Waals surface area contributed by atoms with Gasteiger partial charge in [0.05, 0.1) is 0 Å². The van der Waals surface area contributed by atoms with Crippen LogP contribution in [0.25, 0.3) is 0 Å². The summed E-state index contributed by atoms with van der Waals surface area (Å²) < 4.78 is 0. The molecule has 0 atom stereocenters. The molecule has 0 spiro atoms. The Hall–Kier alpha value is -0.770. The number of nitrogens with zero attached hydrogens (tertiary/aromatic N) is 1. The van der Waals surface area contributed by atoms with Crippen molar-refractivity contribution in [2.75, 3.05) is 26.7 Å². The second-order valence-corrected chi connectivity index (χ2v) is 2.80. The molecular formula is C8H19N3O. The van der Waals surface area contributed by atoms with Gasteiger partial charge in [0.2, 0.25) is 0 Å². The molecule has 0 aliphatic rings. The molecule has 0 aliphatic heterocycles. The minimum absolute atomic E-state index is 0.0334. The summed E-state index contributed by atoms with van der Waals surface area (Å²) in [6.07, 6.45) is 2.15. The van der Waals surface area contributed by atoms with Gasteiger partial charge in [-0.3, -0.25) is 0 Å². The van der Waals surface area contributed by atoms with Gasteiger partial charge in [-0.25, -0.2) is 4.79 Å². The highest BCUT2D eigenvalue weighted by Gasteiger charge is 2.04. The first-order valence-corrected chi connectivity index (χ1v) is 4.41. The van der Waals surface area contributed by atoms with Crippen LogP contribution in [0.1, 0.15) is 19.8 Å². The van der Waals surface area contributed by atoms with Crippen LogP contribution in [0.2, 0.25) is 0 Å². The van der Waals surface area contributed by atoms with E-state index in [0.717, 1.165) is 19.4 Å². The van der Waals surface area contributed by atoms with Crippen LogP contribution in [0.3, 0.4) is 0 Å². The third-order valence-corrected chi connectivity index (χ3v) is 1.61. The number of carbonyl (C=O) groups is 1. The van der Waals surface area contributed by atoms with E-state index in [9.17, 15) is 4.79 Å². The number of rotatable bonds is 5. The molecule has 0 saturated heterocycles. The van der Waals surface area contributed by atoms with Crippen molar-refractivity contribution in [2.45, 2.75) is 19.8 Å². The Kier molecular flexibility index (Phi) is 6.47. The minimum atomic E-state index is -0.0334. The predicted octanol–water partition coefficient (Wildman–Crippen LogP) is 0.387. The molecule has 2 amide bonds. The highest BCUT2D eigenvalue weighted by atomic mass is 16.2. The summed E-state index contributed by atoms with van der Waals surface area (Å²) >= 11 is 0. The maximum atomic E-state index is 11.2. The minimum Gasteiger partial charge on any atom is -0.337 e. The predicted molar refractivity (Wildman–Crippen MR) is 50.0 cm³/mol. The van der Waals surface area contributed by atoms with Crippen LogP contribution in [-0.4, -0.2) is 37.6 Å². The summed E-state index contributed by atoms with van der Waals surface area (Å²) in [4.78, 5) is 12.8. The molecule has 0 rings (SSSR count). The quantitative estimate of drug-likeness (QED) is 0.631. The summed E-state index contributed by atoms with van der Waals surface area (Å²) in [5.41, 5.74) is 5.24. The highest BCUT2D eigenvalue weighted by Crippen LogP contribution is 1.91. The third-order valence-electron chi connectivity index (χ3n) is 1.61. The zero-order valence-corrected chi connectivity index (χ0v) is 7.97. The van der Waals surface area contributed by atoms with E-state index in [2.05, 4.69) is 12.2 Å². The Balaban J connectivity index is 3.47. The van der Waals surface area contributed by atoms with Gasteiger partial charge in [-0.2, -0.15) is 0 Å². The van der Waals surface area contributed by atoms with Crippen LogP contribution in [0.15, 0.2) is 0 Å². The van der Waals surface area contributed by atoms with Crippen LogP contribution in [0.4, 0.5) is 4.79 Å². The Morgan fingerprint density at radius 2 is 2.25 bits per heavy atom. The fourth-order valence-corrected chi connectivity index (χ4v) is 0.811. The molecule has 3 N–H and O–H groups in total. The van der Waals surface area contributed by atoms with Crippen LogP contribution in [0.5, 0.6) is 0 Å². The zero-order valence-electron chi connectivity index (χ0n) is 7.97. The summed E-state index contributed by atoms with van der Waals surface area (Å²) in [6.45, 7) is 3.96. The molecule has 0 unspecified atom stereocenters. The van der Waals surface area contributed by atoms with E-state index < -0.39 is 0 Å². The molecule has 12 heavy (non-hydrogen) atoms. The van der Waals surface area contributed by atoms with Crippen molar-refractivity contribution in [3.05, 3.63) is 0 Å². The summed E-state index contributed by atoms with van der Waals surface area (Å²) in [6, 6.07) is -0.0334. The van der Waals surface area contributed by atoms with E-state index in [1.165, 1.54) is 0 Å². The van der Waals surface area contributed by atoms with Crippen molar-refractivity contribution in [3.63, 3.8) is 0 Å². The second-order valence-electron chi connectivity index (χ2n) is 2.80. The van der Waals surface area contributed by atoms with Gasteiger partial charge < -0.3 is 16.0 Å². The molecule has 72 valence electrons. The van der Waals surface area contributed by atoms with Gasteiger partial charge >= 0.3 is 6.03 Å². The normalized spacial score (nSPS) is 9.58. The molecular weight excluding hydrogens is 154 g/mol.